The Morgan fingerprint density at radius 2 is 1.95 bits per heavy atom. The van der Waals surface area contributed by atoms with Gasteiger partial charge >= 0.3 is 6.09 Å². The van der Waals surface area contributed by atoms with Crippen molar-refractivity contribution in [2.75, 3.05) is 7.11 Å². The number of nitrogens with zero attached hydrogens (tertiary/aromatic N) is 2. The van der Waals surface area contributed by atoms with Gasteiger partial charge in [-0.05, 0) is 39.3 Å². The van der Waals surface area contributed by atoms with E-state index in [-0.39, 0.29) is 11.9 Å². The number of ether oxygens (including phenoxy) is 2. The standard InChI is InChI=1S/C15H20N2O4/c1-9(18)11-6-10-7-17(14(19)21-15(2,3)4)8-12(10)16-13(11)20-5/h6H,7-8H2,1-5H3. The molecule has 0 fully saturated rings. The molecule has 6 heteroatoms. The number of rotatable bonds is 2. The van der Waals surface area contributed by atoms with E-state index in [2.05, 4.69) is 4.98 Å². The van der Waals surface area contributed by atoms with Crippen molar-refractivity contribution in [1.29, 1.82) is 0 Å². The van der Waals surface area contributed by atoms with Gasteiger partial charge in [0.1, 0.15) is 5.60 Å². The molecule has 1 aliphatic rings. The topological polar surface area (TPSA) is 68.7 Å². The average Bonchev–Trinajstić information content (AvgIpc) is 2.77. The van der Waals surface area contributed by atoms with E-state index in [9.17, 15) is 9.59 Å². The maximum atomic E-state index is 12.1. The Bertz CT molecular complexity index is 590. The van der Waals surface area contributed by atoms with Gasteiger partial charge in [0.25, 0.3) is 0 Å². The molecule has 114 valence electrons. The van der Waals surface area contributed by atoms with Crippen molar-refractivity contribution in [3.05, 3.63) is 22.9 Å². The SMILES string of the molecule is COc1nc2c(cc1C(C)=O)CN(C(=O)OC(C)(C)C)C2. The van der Waals surface area contributed by atoms with Crippen molar-refractivity contribution in [2.45, 2.75) is 46.4 Å². The van der Waals surface area contributed by atoms with E-state index in [0.29, 0.717) is 24.5 Å². The van der Waals surface area contributed by atoms with Gasteiger partial charge in [-0.2, -0.15) is 0 Å². The van der Waals surface area contributed by atoms with Crippen LogP contribution < -0.4 is 4.74 Å². The van der Waals surface area contributed by atoms with Crippen molar-refractivity contribution in [1.82, 2.24) is 9.88 Å². The summed E-state index contributed by atoms with van der Waals surface area (Å²) in [6, 6.07) is 1.74. The Kier molecular flexibility index (Phi) is 3.89. The highest BCUT2D eigenvalue weighted by molar-refractivity contribution is 5.96. The number of carbonyl (C=O) groups excluding carboxylic acids is 2. The molecule has 21 heavy (non-hydrogen) atoms. The van der Waals surface area contributed by atoms with Gasteiger partial charge in [0.2, 0.25) is 5.88 Å². The summed E-state index contributed by atoms with van der Waals surface area (Å²) in [5.41, 5.74) is 1.48. The van der Waals surface area contributed by atoms with E-state index >= 15 is 0 Å². The van der Waals surface area contributed by atoms with Crippen LogP contribution in [-0.2, 0) is 17.8 Å². The van der Waals surface area contributed by atoms with Gasteiger partial charge < -0.3 is 9.47 Å². The second-order valence-corrected chi connectivity index (χ2v) is 6.04. The lowest BCUT2D eigenvalue weighted by Crippen LogP contribution is -2.33. The van der Waals surface area contributed by atoms with Crippen LogP contribution in [0.3, 0.4) is 0 Å². The van der Waals surface area contributed by atoms with Crippen LogP contribution in [0.1, 0.15) is 49.3 Å². The third-order valence-electron chi connectivity index (χ3n) is 3.08. The predicted octanol–water partition coefficient (Wildman–Crippen LogP) is 2.54. The second kappa shape index (κ2) is 5.35. The maximum absolute atomic E-state index is 12.1. The first-order chi connectivity index (χ1) is 9.71. The summed E-state index contributed by atoms with van der Waals surface area (Å²) in [4.78, 5) is 29.6. The molecule has 6 nitrogen and oxygen atoms in total. The average molecular weight is 292 g/mol. The maximum Gasteiger partial charge on any atom is 0.410 e. The fourth-order valence-electron chi connectivity index (χ4n) is 2.15. The normalized spacial score (nSPS) is 13.9. The zero-order valence-corrected chi connectivity index (χ0v) is 13.0. The summed E-state index contributed by atoms with van der Waals surface area (Å²) < 4.78 is 10.5. The molecule has 2 rings (SSSR count). The Morgan fingerprint density at radius 3 is 2.48 bits per heavy atom. The third-order valence-corrected chi connectivity index (χ3v) is 3.08. The number of carbonyl (C=O) groups is 2. The van der Waals surface area contributed by atoms with E-state index < -0.39 is 5.60 Å². The van der Waals surface area contributed by atoms with E-state index in [1.54, 1.807) is 11.0 Å². The molecule has 0 spiro atoms. The first-order valence-corrected chi connectivity index (χ1v) is 6.77. The molecule has 1 aromatic rings. The van der Waals surface area contributed by atoms with E-state index in [1.807, 2.05) is 20.8 Å². The smallest absolute Gasteiger partial charge is 0.410 e. The summed E-state index contributed by atoms with van der Waals surface area (Å²) in [5, 5.41) is 0. The van der Waals surface area contributed by atoms with Gasteiger partial charge in [0.05, 0.1) is 31.5 Å². The number of methoxy groups -OCH3 is 1. The van der Waals surface area contributed by atoms with Crippen molar-refractivity contribution in [3.8, 4) is 5.88 Å². The fraction of sp³-hybridized carbons (Fsp3) is 0.533. The van der Waals surface area contributed by atoms with Crippen LogP contribution in [0.5, 0.6) is 5.88 Å². The molecule has 2 heterocycles. The van der Waals surface area contributed by atoms with E-state index in [4.69, 9.17) is 9.47 Å². The molecule has 0 aromatic carbocycles. The Morgan fingerprint density at radius 1 is 1.29 bits per heavy atom. The highest BCUT2D eigenvalue weighted by Gasteiger charge is 2.30. The molecule has 0 N–H and O–H groups in total. The monoisotopic (exact) mass is 292 g/mol. The Balaban J connectivity index is 2.23. The number of aromatic nitrogens is 1. The van der Waals surface area contributed by atoms with Crippen molar-refractivity contribution in [2.24, 2.45) is 0 Å². The zero-order chi connectivity index (χ0) is 15.8. The molecular formula is C15H20N2O4. The molecule has 0 atom stereocenters. The minimum Gasteiger partial charge on any atom is -0.480 e. The number of pyridine rings is 1. The van der Waals surface area contributed by atoms with Gasteiger partial charge in [0, 0.05) is 0 Å². The molecule has 1 amide bonds. The first kappa shape index (κ1) is 15.3. The molecule has 0 radical (unpaired) electrons. The van der Waals surface area contributed by atoms with Crippen LogP contribution in [0, 0.1) is 0 Å². The highest BCUT2D eigenvalue weighted by atomic mass is 16.6. The number of hydrogen-bond acceptors (Lipinski definition) is 5. The molecular weight excluding hydrogens is 272 g/mol. The lowest BCUT2D eigenvalue weighted by molar-refractivity contribution is 0.0240. The number of Topliss-reactive ketones (excluding diaryl/α,β-unsaturated/α-hetero) is 1. The summed E-state index contributed by atoms with van der Waals surface area (Å²) in [5.74, 6) is 0.185. The number of hydrogen-bond donors (Lipinski definition) is 0. The lowest BCUT2D eigenvalue weighted by atomic mass is 10.1. The first-order valence-electron chi connectivity index (χ1n) is 6.77. The number of ketones is 1. The zero-order valence-electron chi connectivity index (χ0n) is 13.0. The summed E-state index contributed by atoms with van der Waals surface area (Å²) in [6.45, 7) is 7.68. The molecule has 1 aliphatic heterocycles. The van der Waals surface area contributed by atoms with Gasteiger partial charge in [-0.15, -0.1) is 0 Å². The van der Waals surface area contributed by atoms with Crippen molar-refractivity contribution in [3.63, 3.8) is 0 Å². The second-order valence-electron chi connectivity index (χ2n) is 6.04. The third kappa shape index (κ3) is 3.32. The van der Waals surface area contributed by atoms with Gasteiger partial charge in [-0.25, -0.2) is 9.78 Å². The minimum absolute atomic E-state index is 0.113. The van der Waals surface area contributed by atoms with Crippen LogP contribution in [0.2, 0.25) is 0 Å². The van der Waals surface area contributed by atoms with E-state index in [1.165, 1.54) is 14.0 Å². The molecule has 0 bridgehead atoms. The van der Waals surface area contributed by atoms with Crippen molar-refractivity contribution >= 4 is 11.9 Å². The highest BCUT2D eigenvalue weighted by Crippen LogP contribution is 2.28. The summed E-state index contributed by atoms with van der Waals surface area (Å²) in [7, 11) is 1.47. The largest absolute Gasteiger partial charge is 0.480 e. The predicted molar refractivity (Wildman–Crippen MR) is 76.3 cm³/mol. The quantitative estimate of drug-likeness (QED) is 0.783. The van der Waals surface area contributed by atoms with Gasteiger partial charge in [-0.1, -0.05) is 0 Å². The minimum atomic E-state index is -0.540. The van der Waals surface area contributed by atoms with Crippen LogP contribution in [0.15, 0.2) is 6.07 Å². The lowest BCUT2D eigenvalue weighted by Gasteiger charge is -2.23. The Hall–Kier alpha value is -2.11. The summed E-state index contributed by atoms with van der Waals surface area (Å²) >= 11 is 0. The Labute approximate surface area is 124 Å². The molecule has 1 aromatic heterocycles. The van der Waals surface area contributed by atoms with E-state index in [0.717, 1.165) is 11.3 Å². The fourth-order valence-corrected chi connectivity index (χ4v) is 2.15. The molecule has 0 unspecified atom stereocenters. The van der Waals surface area contributed by atoms with Crippen LogP contribution in [0.4, 0.5) is 4.79 Å². The van der Waals surface area contributed by atoms with Crippen molar-refractivity contribution < 1.29 is 19.1 Å². The molecule has 0 saturated carbocycles. The van der Waals surface area contributed by atoms with Gasteiger partial charge in [0.15, 0.2) is 5.78 Å². The molecule has 0 aliphatic carbocycles. The van der Waals surface area contributed by atoms with Crippen LogP contribution in [-0.4, -0.2) is 34.5 Å². The van der Waals surface area contributed by atoms with Crippen LogP contribution >= 0.6 is 0 Å². The number of fused-ring (bicyclic) bond motifs is 1. The molecule has 0 saturated heterocycles. The number of amides is 1. The van der Waals surface area contributed by atoms with Gasteiger partial charge in [-0.3, -0.25) is 9.69 Å². The summed E-state index contributed by atoms with van der Waals surface area (Å²) in [6.07, 6.45) is -0.385. The van der Waals surface area contributed by atoms with Crippen LogP contribution in [0.25, 0.3) is 0 Å².